The van der Waals surface area contributed by atoms with Gasteiger partial charge in [0.1, 0.15) is 17.4 Å². The third kappa shape index (κ3) is 4.57. The van der Waals surface area contributed by atoms with Gasteiger partial charge in [0.05, 0.1) is 17.7 Å². The lowest BCUT2D eigenvalue weighted by Gasteiger charge is -2.37. The normalized spacial score (nSPS) is 21.8. The number of benzene rings is 1. The smallest absolute Gasteiger partial charge is 0.242 e. The van der Waals surface area contributed by atoms with Gasteiger partial charge < -0.3 is 15.0 Å². The number of hydrogen-bond acceptors (Lipinski definition) is 6. The number of carbonyl (C=O) groups is 3. The van der Waals surface area contributed by atoms with Crippen LogP contribution in [0.5, 0.6) is 5.75 Å². The van der Waals surface area contributed by atoms with E-state index in [1.165, 1.54) is 0 Å². The molecule has 162 valence electrons. The summed E-state index contributed by atoms with van der Waals surface area (Å²) >= 11 is 0. The quantitative estimate of drug-likeness (QED) is 0.790. The minimum Gasteiger partial charge on any atom is -0.486 e. The Morgan fingerprint density at radius 2 is 2.10 bits per heavy atom. The molecule has 1 aromatic carbocycles. The number of Topliss-reactive ketones (excluding diaryl/α,β-unsaturated/α-hetero) is 1. The molecule has 2 aliphatic rings. The van der Waals surface area contributed by atoms with E-state index < -0.39 is 11.6 Å². The molecule has 2 atom stereocenters. The molecule has 1 saturated heterocycles. The average molecular weight is 422 g/mol. The molecular formula is C23H26N4O4. The fourth-order valence-electron chi connectivity index (χ4n) is 4.25. The van der Waals surface area contributed by atoms with Gasteiger partial charge in [0.25, 0.3) is 0 Å². The number of fused-ring (bicyclic) bond motifs is 1. The van der Waals surface area contributed by atoms with Gasteiger partial charge in [-0.2, -0.15) is 0 Å². The van der Waals surface area contributed by atoms with Crippen LogP contribution in [-0.4, -0.2) is 57.2 Å². The molecule has 4 rings (SSSR count). The van der Waals surface area contributed by atoms with Crippen molar-refractivity contribution in [1.29, 1.82) is 0 Å². The Bertz CT molecular complexity index is 981. The van der Waals surface area contributed by atoms with Gasteiger partial charge in [0.2, 0.25) is 11.8 Å². The van der Waals surface area contributed by atoms with Crippen LogP contribution in [0.3, 0.4) is 0 Å². The number of aromatic nitrogens is 2. The molecule has 0 saturated carbocycles. The summed E-state index contributed by atoms with van der Waals surface area (Å²) in [6, 6.07) is 6.63. The van der Waals surface area contributed by atoms with Gasteiger partial charge >= 0.3 is 0 Å². The molecule has 3 heterocycles. The van der Waals surface area contributed by atoms with Crippen molar-refractivity contribution < 1.29 is 19.1 Å². The monoisotopic (exact) mass is 422 g/mol. The number of para-hydroxylation sites is 1. The molecule has 31 heavy (non-hydrogen) atoms. The first kappa shape index (κ1) is 21.0. The van der Waals surface area contributed by atoms with Gasteiger partial charge in [-0.25, -0.2) is 0 Å². The molecule has 2 aromatic rings. The Morgan fingerprint density at radius 1 is 1.26 bits per heavy atom. The van der Waals surface area contributed by atoms with Crippen LogP contribution in [0.2, 0.25) is 0 Å². The van der Waals surface area contributed by atoms with Crippen LogP contribution in [0.15, 0.2) is 42.9 Å². The summed E-state index contributed by atoms with van der Waals surface area (Å²) in [5.41, 5.74) is 0.692. The summed E-state index contributed by atoms with van der Waals surface area (Å²) in [6.45, 7) is 2.52. The van der Waals surface area contributed by atoms with Crippen molar-refractivity contribution in [2.24, 2.45) is 0 Å². The van der Waals surface area contributed by atoms with Gasteiger partial charge in [0, 0.05) is 50.9 Å². The first-order valence-electron chi connectivity index (χ1n) is 10.6. The molecule has 1 fully saturated rings. The fraction of sp³-hybridized carbons (Fsp3) is 0.435. The fourth-order valence-corrected chi connectivity index (χ4v) is 4.25. The van der Waals surface area contributed by atoms with Gasteiger partial charge in [-0.15, -0.1) is 0 Å². The molecule has 0 unspecified atom stereocenters. The van der Waals surface area contributed by atoms with Crippen LogP contribution in [0.1, 0.15) is 48.7 Å². The molecule has 1 N–H and O–H groups in total. The SMILES string of the molecule is C[C@@H](C(=O)NCCc1cnccn1)N1CC[C@]2(CCC1=O)CC(=O)c1ccccc1O2. The Hall–Kier alpha value is -3.29. The number of nitrogens with zero attached hydrogens (tertiary/aromatic N) is 3. The number of ether oxygens (including phenoxy) is 1. The van der Waals surface area contributed by atoms with E-state index in [4.69, 9.17) is 4.74 Å². The second-order valence-electron chi connectivity index (χ2n) is 8.13. The summed E-state index contributed by atoms with van der Waals surface area (Å²) in [4.78, 5) is 47.9. The van der Waals surface area contributed by atoms with Crippen LogP contribution >= 0.6 is 0 Å². The van der Waals surface area contributed by atoms with E-state index in [9.17, 15) is 14.4 Å². The van der Waals surface area contributed by atoms with Crippen molar-refractivity contribution in [1.82, 2.24) is 20.2 Å². The van der Waals surface area contributed by atoms with E-state index in [0.717, 1.165) is 5.69 Å². The zero-order valence-electron chi connectivity index (χ0n) is 17.5. The highest BCUT2D eigenvalue weighted by atomic mass is 16.5. The third-order valence-corrected chi connectivity index (χ3v) is 6.06. The van der Waals surface area contributed by atoms with E-state index in [0.29, 0.717) is 43.7 Å². The van der Waals surface area contributed by atoms with E-state index >= 15 is 0 Å². The number of rotatable bonds is 5. The summed E-state index contributed by atoms with van der Waals surface area (Å²) in [5.74, 6) is 0.314. The number of carbonyl (C=O) groups excluding carboxylic acids is 3. The van der Waals surface area contributed by atoms with Crippen molar-refractivity contribution in [3.63, 3.8) is 0 Å². The number of amides is 2. The Morgan fingerprint density at radius 3 is 2.90 bits per heavy atom. The summed E-state index contributed by atoms with van der Waals surface area (Å²) in [7, 11) is 0. The van der Waals surface area contributed by atoms with Crippen LogP contribution < -0.4 is 10.1 Å². The minimum atomic E-state index is -0.696. The third-order valence-electron chi connectivity index (χ3n) is 6.06. The highest BCUT2D eigenvalue weighted by molar-refractivity contribution is 6.00. The van der Waals surface area contributed by atoms with Crippen molar-refractivity contribution >= 4 is 17.6 Å². The predicted molar refractivity (Wildman–Crippen MR) is 113 cm³/mol. The lowest BCUT2D eigenvalue weighted by atomic mass is 9.84. The number of ketones is 1. The topological polar surface area (TPSA) is 101 Å². The lowest BCUT2D eigenvalue weighted by Crippen LogP contribution is -2.49. The van der Waals surface area contributed by atoms with Gasteiger partial charge in [-0.05, 0) is 25.5 Å². The van der Waals surface area contributed by atoms with Gasteiger partial charge in [-0.3, -0.25) is 24.4 Å². The second-order valence-corrected chi connectivity index (χ2v) is 8.13. The molecular weight excluding hydrogens is 396 g/mol. The second kappa shape index (κ2) is 8.83. The first-order valence-corrected chi connectivity index (χ1v) is 10.6. The van der Waals surface area contributed by atoms with E-state index in [-0.39, 0.29) is 30.4 Å². The molecule has 8 heteroatoms. The largest absolute Gasteiger partial charge is 0.486 e. The zero-order valence-corrected chi connectivity index (χ0v) is 17.5. The summed E-state index contributed by atoms with van der Waals surface area (Å²) < 4.78 is 6.25. The van der Waals surface area contributed by atoms with Crippen LogP contribution in [0, 0.1) is 0 Å². The molecule has 2 aliphatic heterocycles. The van der Waals surface area contributed by atoms with E-state index in [2.05, 4.69) is 15.3 Å². The molecule has 1 spiro atoms. The number of likely N-dealkylation sites (tertiary alicyclic amines) is 1. The maximum atomic E-state index is 12.8. The molecule has 0 bridgehead atoms. The van der Waals surface area contributed by atoms with E-state index in [1.807, 2.05) is 12.1 Å². The molecule has 2 amide bonds. The summed E-state index contributed by atoms with van der Waals surface area (Å²) in [6.07, 6.45) is 6.91. The van der Waals surface area contributed by atoms with Crippen molar-refractivity contribution in [3.8, 4) is 5.75 Å². The molecule has 0 aliphatic carbocycles. The van der Waals surface area contributed by atoms with Crippen molar-refractivity contribution in [2.75, 3.05) is 13.1 Å². The average Bonchev–Trinajstić information content (AvgIpc) is 2.93. The summed E-state index contributed by atoms with van der Waals surface area (Å²) in [5, 5.41) is 2.87. The Labute approximate surface area is 181 Å². The van der Waals surface area contributed by atoms with Crippen molar-refractivity contribution in [3.05, 3.63) is 54.1 Å². The van der Waals surface area contributed by atoms with E-state index in [1.54, 1.807) is 42.5 Å². The Kier molecular flexibility index (Phi) is 5.97. The maximum absolute atomic E-state index is 12.8. The number of hydrogen-bond donors (Lipinski definition) is 1. The van der Waals surface area contributed by atoms with Crippen LogP contribution in [0.25, 0.3) is 0 Å². The molecule has 0 radical (unpaired) electrons. The van der Waals surface area contributed by atoms with Crippen LogP contribution in [-0.2, 0) is 16.0 Å². The number of nitrogens with one attached hydrogen (secondary N) is 1. The first-order chi connectivity index (χ1) is 15.0. The predicted octanol–water partition coefficient (Wildman–Crippen LogP) is 1.94. The molecule has 8 nitrogen and oxygen atoms in total. The zero-order chi connectivity index (χ0) is 21.8. The lowest BCUT2D eigenvalue weighted by molar-refractivity contribution is -0.139. The van der Waals surface area contributed by atoms with Crippen molar-refractivity contribution in [2.45, 2.75) is 50.7 Å². The van der Waals surface area contributed by atoms with Gasteiger partial charge in [-0.1, -0.05) is 12.1 Å². The minimum absolute atomic E-state index is 0.0394. The Balaban J connectivity index is 1.37. The highest BCUT2D eigenvalue weighted by Gasteiger charge is 2.44. The standard InChI is InChI=1S/C23H26N4O4/c1-16(22(30)26-10-7-17-15-24-11-12-25-17)27-13-9-23(8-6-21(27)29)14-19(28)18-4-2-3-5-20(18)31-23/h2-5,11-12,15-16H,6-10,13-14H2,1H3,(H,26,30)/t16-,23+/m0/s1. The maximum Gasteiger partial charge on any atom is 0.242 e. The van der Waals surface area contributed by atoms with Gasteiger partial charge in [0.15, 0.2) is 5.78 Å². The highest BCUT2D eigenvalue weighted by Crippen LogP contribution is 2.39. The van der Waals surface area contributed by atoms with Crippen LogP contribution in [0.4, 0.5) is 0 Å². The molecule has 1 aromatic heterocycles.